The number of quaternary nitrogens is 1. The smallest absolute Gasteiger partial charge is 0.377 e. The molecule has 1 amide bonds. The van der Waals surface area contributed by atoms with Crippen molar-refractivity contribution in [3.8, 4) is 0 Å². The van der Waals surface area contributed by atoms with E-state index in [0.29, 0.717) is 70.1 Å². The summed E-state index contributed by atoms with van der Waals surface area (Å²) in [5.41, 5.74) is -2.48. The van der Waals surface area contributed by atoms with Crippen LogP contribution >= 0.6 is 0 Å². The second-order valence-corrected chi connectivity index (χ2v) is 11.1. The van der Waals surface area contributed by atoms with Gasteiger partial charge in [-0.1, -0.05) is 30.3 Å². The summed E-state index contributed by atoms with van der Waals surface area (Å²) in [5, 5.41) is 3.36. The molecule has 1 N–H and O–H groups in total. The number of alkyl halides is 6. The van der Waals surface area contributed by atoms with Crippen LogP contribution in [0, 0.1) is 5.92 Å². The van der Waals surface area contributed by atoms with Crippen molar-refractivity contribution in [2.75, 3.05) is 32.8 Å². The zero-order chi connectivity index (χ0) is 27.8. The van der Waals surface area contributed by atoms with Gasteiger partial charge in [-0.15, -0.1) is 0 Å². The molecular formula is C29H33F6N2O2+. The number of halogens is 6. The maximum Gasteiger partial charge on any atom is 0.416 e. The molecule has 0 spiro atoms. The Morgan fingerprint density at radius 3 is 2.05 bits per heavy atom. The quantitative estimate of drug-likeness (QED) is 0.331. The molecule has 1 saturated carbocycles. The van der Waals surface area contributed by atoms with Gasteiger partial charge in [-0.25, -0.2) is 4.79 Å². The van der Waals surface area contributed by atoms with Gasteiger partial charge in [-0.2, -0.15) is 26.3 Å². The van der Waals surface area contributed by atoms with Gasteiger partial charge in [0.1, 0.15) is 6.04 Å². The number of carbonyl (C=O) groups excluding carboxylic acids is 1. The third kappa shape index (κ3) is 6.18. The molecule has 0 aromatic heterocycles. The first-order valence-electron chi connectivity index (χ1n) is 13.6. The van der Waals surface area contributed by atoms with Crippen molar-refractivity contribution in [3.05, 3.63) is 70.8 Å². The van der Waals surface area contributed by atoms with Gasteiger partial charge in [0, 0.05) is 44.9 Å². The number of likely N-dealkylation sites (tertiary alicyclic amines) is 1. The van der Waals surface area contributed by atoms with Crippen LogP contribution in [0.1, 0.15) is 65.1 Å². The van der Waals surface area contributed by atoms with Gasteiger partial charge in [0.15, 0.2) is 0 Å². The molecule has 212 valence electrons. The van der Waals surface area contributed by atoms with Gasteiger partial charge in [0.05, 0.1) is 35.9 Å². The minimum absolute atomic E-state index is 0.0752. The molecule has 39 heavy (non-hydrogen) atoms. The fourth-order valence-corrected chi connectivity index (χ4v) is 6.23. The first-order valence-corrected chi connectivity index (χ1v) is 13.6. The topological polar surface area (TPSA) is 38.3 Å². The van der Waals surface area contributed by atoms with E-state index >= 15 is 0 Å². The first kappa shape index (κ1) is 28.1. The van der Waals surface area contributed by atoms with Crippen LogP contribution in [0.25, 0.3) is 0 Å². The third-order valence-electron chi connectivity index (χ3n) is 8.51. The number of nitrogens with one attached hydrogen (secondary N) is 1. The fourth-order valence-electron chi connectivity index (χ4n) is 6.23. The minimum atomic E-state index is -5.02. The van der Waals surface area contributed by atoms with E-state index in [0.717, 1.165) is 18.4 Å². The van der Waals surface area contributed by atoms with Crippen LogP contribution in [-0.4, -0.2) is 55.3 Å². The van der Waals surface area contributed by atoms with Crippen LogP contribution in [0.3, 0.4) is 0 Å². The molecule has 2 aromatic rings. The van der Waals surface area contributed by atoms with Crippen LogP contribution in [0.4, 0.5) is 26.3 Å². The predicted octanol–water partition coefficient (Wildman–Crippen LogP) is 6.42. The first-order chi connectivity index (χ1) is 18.5. The molecule has 3 fully saturated rings. The Balaban J connectivity index is 1.54. The number of hydrogen-bond donors (Lipinski definition) is 1. The normalized spacial score (nSPS) is 28.3. The Morgan fingerprint density at radius 1 is 0.872 bits per heavy atom. The highest BCUT2D eigenvalue weighted by Gasteiger charge is 2.52. The lowest BCUT2D eigenvalue weighted by Gasteiger charge is -2.50. The molecule has 2 saturated heterocycles. The van der Waals surface area contributed by atoms with Crippen LogP contribution in [0.15, 0.2) is 48.5 Å². The lowest BCUT2D eigenvalue weighted by atomic mass is 9.82. The molecular weight excluding hydrogens is 522 g/mol. The van der Waals surface area contributed by atoms with E-state index in [1.54, 1.807) is 0 Å². The van der Waals surface area contributed by atoms with Gasteiger partial charge in [-0.05, 0) is 42.5 Å². The summed E-state index contributed by atoms with van der Waals surface area (Å²) in [4.78, 5) is 14.3. The number of ether oxygens (including phenoxy) is 1. The van der Waals surface area contributed by atoms with Crippen molar-refractivity contribution in [3.63, 3.8) is 0 Å². The second kappa shape index (κ2) is 10.9. The highest BCUT2D eigenvalue weighted by molar-refractivity contribution is 5.90. The van der Waals surface area contributed by atoms with Gasteiger partial charge < -0.3 is 10.1 Å². The average Bonchev–Trinajstić information content (AvgIpc) is 3.76. The van der Waals surface area contributed by atoms with Crippen molar-refractivity contribution in [1.82, 2.24) is 5.32 Å². The molecule has 2 heterocycles. The van der Waals surface area contributed by atoms with Crippen molar-refractivity contribution >= 4 is 5.91 Å². The zero-order valence-corrected chi connectivity index (χ0v) is 21.5. The van der Waals surface area contributed by atoms with E-state index in [1.807, 2.05) is 30.3 Å². The van der Waals surface area contributed by atoms with Crippen molar-refractivity contribution in [2.45, 2.75) is 62.5 Å². The summed E-state index contributed by atoms with van der Waals surface area (Å²) < 4.78 is 87.9. The van der Waals surface area contributed by atoms with Gasteiger partial charge in [-0.3, -0.25) is 4.48 Å². The largest absolute Gasteiger partial charge is 0.416 e. The highest BCUT2D eigenvalue weighted by atomic mass is 19.4. The van der Waals surface area contributed by atoms with Gasteiger partial charge in [0.25, 0.3) is 0 Å². The van der Waals surface area contributed by atoms with Crippen molar-refractivity contribution in [2.24, 2.45) is 5.92 Å². The van der Waals surface area contributed by atoms with E-state index in [9.17, 15) is 31.1 Å². The lowest BCUT2D eigenvalue weighted by Crippen LogP contribution is -2.67. The molecule has 1 unspecified atom stereocenters. The van der Waals surface area contributed by atoms with E-state index in [-0.39, 0.29) is 28.6 Å². The molecule has 2 atom stereocenters. The molecule has 10 heteroatoms. The van der Waals surface area contributed by atoms with E-state index in [2.05, 4.69) is 5.32 Å². The highest BCUT2D eigenvalue weighted by Crippen LogP contribution is 2.41. The summed E-state index contributed by atoms with van der Waals surface area (Å²) in [6.45, 7) is 2.44. The summed E-state index contributed by atoms with van der Waals surface area (Å²) in [6.07, 6.45) is -6.23. The number of rotatable bonds is 6. The number of benzene rings is 2. The minimum Gasteiger partial charge on any atom is -0.377 e. The number of hydrogen-bond acceptors (Lipinski definition) is 3. The van der Waals surface area contributed by atoms with Crippen LogP contribution in [0.2, 0.25) is 0 Å². The summed E-state index contributed by atoms with van der Waals surface area (Å²) >= 11 is 0. The van der Waals surface area contributed by atoms with E-state index < -0.39 is 35.0 Å². The standard InChI is InChI=1S/C29H33F6N2O2/c30-28(31,32)22-14-21(15-23(16-22)29(33,34)35)27(38)37(12-9-24(10-13-37)39-18-19-6-7-19)26-8-11-36-17-25(26)20-4-2-1-3-5-20/h1-5,14-16,19,24-26,36H,6-13,17-18H2/q+1/t24-,25?,26-,37+/m1/s1. The lowest BCUT2D eigenvalue weighted by molar-refractivity contribution is -0.883. The number of nitrogens with zero attached hydrogens (tertiary/aromatic N) is 1. The molecule has 1 aliphatic carbocycles. The van der Waals surface area contributed by atoms with Gasteiger partial charge >= 0.3 is 18.3 Å². The number of amides is 1. The van der Waals surface area contributed by atoms with Gasteiger partial charge in [0.2, 0.25) is 0 Å². The Bertz CT molecular complexity index is 1120. The molecule has 2 aliphatic heterocycles. The van der Waals surface area contributed by atoms with E-state index in [1.165, 1.54) is 0 Å². The summed E-state index contributed by atoms with van der Waals surface area (Å²) in [6, 6.07) is 10.6. The summed E-state index contributed by atoms with van der Waals surface area (Å²) in [7, 11) is 0. The Morgan fingerprint density at radius 2 is 1.49 bits per heavy atom. The second-order valence-electron chi connectivity index (χ2n) is 11.1. The third-order valence-corrected chi connectivity index (χ3v) is 8.51. The zero-order valence-electron chi connectivity index (χ0n) is 21.5. The SMILES string of the molecule is O=C(c1cc(C(F)(F)F)cc(C(F)(F)F)c1)[N@+]1([C@@H]2CCNCC2c2ccccc2)CC[C@H](OCC2CC2)CC1. The number of piperidine rings is 2. The molecule has 0 radical (unpaired) electrons. The van der Waals surface area contributed by atoms with Crippen molar-refractivity contribution < 1.29 is 40.4 Å². The van der Waals surface area contributed by atoms with Crippen LogP contribution < -0.4 is 5.32 Å². The molecule has 4 nitrogen and oxygen atoms in total. The van der Waals surface area contributed by atoms with E-state index in [4.69, 9.17) is 4.74 Å². The Kier molecular flexibility index (Phi) is 7.83. The van der Waals surface area contributed by atoms with Crippen LogP contribution in [0.5, 0.6) is 0 Å². The fraction of sp³-hybridized carbons (Fsp3) is 0.552. The predicted molar refractivity (Wildman–Crippen MR) is 133 cm³/mol. The molecule has 2 aromatic carbocycles. The summed E-state index contributed by atoms with van der Waals surface area (Å²) in [5.74, 6) is -0.244. The Labute approximate surface area is 223 Å². The maximum atomic E-state index is 14.3. The monoisotopic (exact) mass is 555 g/mol. The number of carbonyl (C=O) groups is 1. The molecule has 5 rings (SSSR count). The maximum absolute atomic E-state index is 14.3. The average molecular weight is 556 g/mol. The molecule has 3 aliphatic rings. The van der Waals surface area contributed by atoms with Crippen molar-refractivity contribution in [1.29, 1.82) is 0 Å². The Hall–Kier alpha value is -2.43. The van der Waals surface area contributed by atoms with Crippen LogP contribution in [-0.2, 0) is 17.1 Å². The molecule has 0 bridgehead atoms.